The first-order valence-electron chi connectivity index (χ1n) is 5.33. The predicted octanol–water partition coefficient (Wildman–Crippen LogP) is 3.22. The van der Waals surface area contributed by atoms with Gasteiger partial charge >= 0.3 is 0 Å². The molecule has 0 amide bonds. The van der Waals surface area contributed by atoms with Gasteiger partial charge in [0.15, 0.2) is 0 Å². The van der Waals surface area contributed by atoms with Crippen LogP contribution in [0.25, 0.3) is 5.57 Å². The van der Waals surface area contributed by atoms with Gasteiger partial charge in [0.1, 0.15) is 0 Å². The Bertz CT molecular complexity index is 419. The van der Waals surface area contributed by atoms with Crippen molar-refractivity contribution in [3.8, 4) is 0 Å². The van der Waals surface area contributed by atoms with Gasteiger partial charge in [0, 0.05) is 5.54 Å². The van der Waals surface area contributed by atoms with Crippen LogP contribution in [-0.2, 0) is 5.54 Å². The van der Waals surface area contributed by atoms with Gasteiger partial charge in [0.25, 0.3) is 0 Å². The molecule has 1 aromatic rings. The van der Waals surface area contributed by atoms with Crippen molar-refractivity contribution in [2.45, 2.75) is 25.8 Å². The minimum Gasteiger partial charge on any atom is -0.322 e. The van der Waals surface area contributed by atoms with Crippen LogP contribution in [0, 0.1) is 0 Å². The average Bonchev–Trinajstić information content (AvgIpc) is 2.69. The number of hydrogen-bond acceptors (Lipinski definition) is 1. The molecule has 1 heteroatoms. The Labute approximate surface area is 91.3 Å². The van der Waals surface area contributed by atoms with Gasteiger partial charge in [0.05, 0.1) is 0 Å². The van der Waals surface area contributed by atoms with Crippen LogP contribution in [0.2, 0.25) is 0 Å². The topological polar surface area (TPSA) is 26.0 Å². The molecule has 0 fully saturated rings. The summed E-state index contributed by atoms with van der Waals surface area (Å²) in [6.45, 7) is 4.10. The van der Waals surface area contributed by atoms with Crippen molar-refractivity contribution in [3.63, 3.8) is 0 Å². The minimum absolute atomic E-state index is 0.278. The van der Waals surface area contributed by atoms with Gasteiger partial charge in [-0.3, -0.25) is 0 Å². The number of nitrogens with two attached hydrogens (primary N) is 1. The Hall–Kier alpha value is -1.34. The maximum atomic E-state index is 6.18. The number of hydrogen-bond donors (Lipinski definition) is 1. The number of benzene rings is 1. The van der Waals surface area contributed by atoms with Crippen molar-refractivity contribution in [1.29, 1.82) is 0 Å². The monoisotopic (exact) mass is 199 g/mol. The van der Waals surface area contributed by atoms with Gasteiger partial charge in [-0.2, -0.15) is 0 Å². The van der Waals surface area contributed by atoms with Gasteiger partial charge in [0.2, 0.25) is 0 Å². The lowest BCUT2D eigenvalue weighted by molar-refractivity contribution is 0.553. The highest BCUT2D eigenvalue weighted by Gasteiger charge is 2.19. The van der Waals surface area contributed by atoms with Crippen molar-refractivity contribution in [2.24, 2.45) is 5.73 Å². The van der Waals surface area contributed by atoms with E-state index in [1.54, 1.807) is 0 Å². The second kappa shape index (κ2) is 3.67. The Morgan fingerprint density at radius 3 is 2.53 bits per heavy atom. The molecule has 0 spiro atoms. The lowest BCUT2D eigenvalue weighted by Crippen LogP contribution is -2.29. The van der Waals surface area contributed by atoms with E-state index in [2.05, 4.69) is 56.3 Å². The summed E-state index contributed by atoms with van der Waals surface area (Å²) in [5.74, 6) is 0. The fourth-order valence-electron chi connectivity index (χ4n) is 1.97. The highest BCUT2D eigenvalue weighted by molar-refractivity contribution is 5.73. The van der Waals surface area contributed by atoms with E-state index in [9.17, 15) is 0 Å². The Morgan fingerprint density at radius 1 is 1.20 bits per heavy atom. The number of allylic oxidation sites excluding steroid dienone is 4. The molecule has 0 aliphatic heterocycles. The summed E-state index contributed by atoms with van der Waals surface area (Å²) in [7, 11) is 0. The summed E-state index contributed by atoms with van der Waals surface area (Å²) < 4.78 is 0. The zero-order chi connectivity index (χ0) is 10.9. The molecule has 2 N–H and O–H groups in total. The van der Waals surface area contributed by atoms with E-state index in [4.69, 9.17) is 5.73 Å². The van der Waals surface area contributed by atoms with Crippen molar-refractivity contribution in [3.05, 3.63) is 53.6 Å². The molecule has 0 saturated carbocycles. The van der Waals surface area contributed by atoms with Gasteiger partial charge in [-0.05, 0) is 37.0 Å². The van der Waals surface area contributed by atoms with Gasteiger partial charge in [-0.1, -0.05) is 42.5 Å². The van der Waals surface area contributed by atoms with Crippen LogP contribution in [0.4, 0.5) is 0 Å². The fourth-order valence-corrected chi connectivity index (χ4v) is 1.97. The Balaban J connectivity index is 2.47. The summed E-state index contributed by atoms with van der Waals surface area (Å²) in [5, 5.41) is 0. The van der Waals surface area contributed by atoms with Crippen molar-refractivity contribution in [2.75, 3.05) is 0 Å². The fraction of sp³-hybridized carbons (Fsp3) is 0.286. The van der Waals surface area contributed by atoms with E-state index >= 15 is 0 Å². The molecular weight excluding hydrogens is 182 g/mol. The SMILES string of the molecule is CC(C)(N)c1ccccc1C1=CC=CC1. The molecule has 0 atom stereocenters. The molecule has 15 heavy (non-hydrogen) atoms. The Morgan fingerprint density at radius 2 is 1.93 bits per heavy atom. The van der Waals surface area contributed by atoms with Crippen molar-refractivity contribution in [1.82, 2.24) is 0 Å². The molecule has 1 nitrogen and oxygen atoms in total. The van der Waals surface area contributed by atoms with Crippen LogP contribution in [0.5, 0.6) is 0 Å². The third-order valence-corrected chi connectivity index (χ3v) is 2.74. The molecule has 1 aromatic carbocycles. The van der Waals surface area contributed by atoms with Crippen LogP contribution < -0.4 is 5.73 Å². The quantitative estimate of drug-likeness (QED) is 0.777. The predicted molar refractivity (Wildman–Crippen MR) is 65.4 cm³/mol. The normalized spacial score (nSPS) is 15.5. The molecule has 0 saturated heterocycles. The van der Waals surface area contributed by atoms with Crippen LogP contribution in [0.3, 0.4) is 0 Å². The van der Waals surface area contributed by atoms with Gasteiger partial charge in [-0.15, -0.1) is 0 Å². The van der Waals surface area contributed by atoms with Crippen LogP contribution >= 0.6 is 0 Å². The largest absolute Gasteiger partial charge is 0.322 e. The van der Waals surface area contributed by atoms with Crippen LogP contribution in [0.15, 0.2) is 42.5 Å². The second-order valence-corrected chi connectivity index (χ2v) is 4.59. The summed E-state index contributed by atoms with van der Waals surface area (Å²) in [6, 6.07) is 8.40. The molecule has 0 bridgehead atoms. The molecule has 0 aromatic heterocycles. The molecule has 2 rings (SSSR count). The maximum Gasteiger partial charge on any atom is 0.0358 e. The Kier molecular flexibility index (Phi) is 2.49. The van der Waals surface area contributed by atoms with E-state index in [0.717, 1.165) is 6.42 Å². The van der Waals surface area contributed by atoms with Crippen LogP contribution in [0.1, 0.15) is 31.4 Å². The smallest absolute Gasteiger partial charge is 0.0358 e. The lowest BCUT2D eigenvalue weighted by atomic mass is 9.87. The molecule has 0 heterocycles. The summed E-state index contributed by atoms with van der Waals surface area (Å²) in [4.78, 5) is 0. The molecular formula is C14H17N. The molecule has 78 valence electrons. The van der Waals surface area contributed by atoms with Crippen molar-refractivity contribution >= 4 is 5.57 Å². The third kappa shape index (κ3) is 2.02. The first-order chi connectivity index (χ1) is 7.09. The third-order valence-electron chi connectivity index (χ3n) is 2.74. The lowest BCUT2D eigenvalue weighted by Gasteiger charge is -2.23. The number of rotatable bonds is 2. The van der Waals surface area contributed by atoms with Gasteiger partial charge < -0.3 is 5.73 Å². The summed E-state index contributed by atoms with van der Waals surface area (Å²) in [6.07, 6.45) is 7.48. The molecule has 1 aliphatic rings. The van der Waals surface area contributed by atoms with Crippen molar-refractivity contribution < 1.29 is 0 Å². The van der Waals surface area contributed by atoms with E-state index in [1.807, 2.05) is 0 Å². The van der Waals surface area contributed by atoms with E-state index < -0.39 is 0 Å². The minimum atomic E-state index is -0.278. The highest BCUT2D eigenvalue weighted by atomic mass is 14.7. The second-order valence-electron chi connectivity index (χ2n) is 4.59. The van der Waals surface area contributed by atoms with Gasteiger partial charge in [-0.25, -0.2) is 0 Å². The molecule has 1 aliphatic carbocycles. The van der Waals surface area contributed by atoms with E-state index in [0.29, 0.717) is 0 Å². The maximum absolute atomic E-state index is 6.18. The molecule has 0 radical (unpaired) electrons. The van der Waals surface area contributed by atoms with E-state index in [1.165, 1.54) is 16.7 Å². The highest BCUT2D eigenvalue weighted by Crippen LogP contribution is 2.30. The summed E-state index contributed by atoms with van der Waals surface area (Å²) >= 11 is 0. The summed E-state index contributed by atoms with van der Waals surface area (Å²) in [5.41, 5.74) is 9.77. The first-order valence-corrected chi connectivity index (χ1v) is 5.33. The zero-order valence-corrected chi connectivity index (χ0v) is 9.33. The standard InChI is InChI=1S/C14H17N/c1-14(2,15)13-10-6-5-9-12(13)11-7-3-4-8-11/h3-7,9-10H,8,15H2,1-2H3. The molecule has 0 unspecified atom stereocenters. The van der Waals surface area contributed by atoms with E-state index in [-0.39, 0.29) is 5.54 Å². The average molecular weight is 199 g/mol. The first kappa shape index (κ1) is 10.2. The van der Waals surface area contributed by atoms with Crippen LogP contribution in [-0.4, -0.2) is 0 Å². The zero-order valence-electron chi connectivity index (χ0n) is 9.33.